The fourth-order valence-electron chi connectivity index (χ4n) is 9.12. The zero-order chi connectivity index (χ0) is 40.3. The van der Waals surface area contributed by atoms with E-state index in [0.29, 0.717) is 5.95 Å². The van der Waals surface area contributed by atoms with Gasteiger partial charge < -0.3 is 0 Å². The molecule has 0 aliphatic rings. The summed E-state index contributed by atoms with van der Waals surface area (Å²) in [5, 5.41) is 8.17. The first-order valence-corrected chi connectivity index (χ1v) is 20.8. The molecule has 12 rings (SSSR count). The van der Waals surface area contributed by atoms with Crippen molar-refractivity contribution in [3.63, 3.8) is 0 Å². The summed E-state index contributed by atoms with van der Waals surface area (Å²) >= 11 is 0. The summed E-state index contributed by atoms with van der Waals surface area (Å²) in [6, 6.07) is 80.6. The van der Waals surface area contributed by atoms with Gasteiger partial charge in [0.25, 0.3) is 0 Å². The van der Waals surface area contributed by atoms with E-state index in [9.17, 15) is 0 Å². The molecule has 2 heterocycles. The van der Waals surface area contributed by atoms with Crippen molar-refractivity contribution in [3.05, 3.63) is 224 Å². The SMILES string of the molecule is c1ccc(-c2ccc(-c3cc4nc(-n5c6ccc(-c7ccc8ccccc8c7)cc6c6cc7ccccc7cc65)nc(-c5ccccc5)c4cc3-c3ccccc3)cc2)cc1. The number of nitrogens with zero attached hydrogens (tertiary/aromatic N) is 3. The molecule has 0 saturated carbocycles. The largest absolute Gasteiger partial charge is 0.278 e. The van der Waals surface area contributed by atoms with Crippen LogP contribution < -0.4 is 0 Å². The third-order valence-corrected chi connectivity index (χ3v) is 12.2. The molecule has 0 saturated heterocycles. The monoisotopic (exact) mass is 775 g/mol. The molecule has 3 nitrogen and oxygen atoms in total. The van der Waals surface area contributed by atoms with Crippen LogP contribution in [-0.4, -0.2) is 14.5 Å². The fourth-order valence-corrected chi connectivity index (χ4v) is 9.12. The molecule has 0 amide bonds. The molecule has 61 heavy (non-hydrogen) atoms. The van der Waals surface area contributed by atoms with Crippen molar-refractivity contribution in [2.45, 2.75) is 0 Å². The maximum absolute atomic E-state index is 5.54. The van der Waals surface area contributed by atoms with Gasteiger partial charge >= 0.3 is 0 Å². The highest BCUT2D eigenvalue weighted by molar-refractivity contribution is 6.14. The van der Waals surface area contributed by atoms with E-state index in [1.807, 2.05) is 0 Å². The van der Waals surface area contributed by atoms with Crippen LogP contribution in [0.4, 0.5) is 0 Å². The second-order valence-electron chi connectivity index (χ2n) is 15.8. The average molecular weight is 776 g/mol. The summed E-state index contributed by atoms with van der Waals surface area (Å²) < 4.78 is 2.27. The molecule has 2 aromatic heterocycles. The molecule has 0 aliphatic heterocycles. The van der Waals surface area contributed by atoms with Gasteiger partial charge in [-0.15, -0.1) is 0 Å². The minimum absolute atomic E-state index is 0.637. The third kappa shape index (κ3) is 6.06. The Hall–Kier alpha value is -8.14. The van der Waals surface area contributed by atoms with E-state index in [2.05, 4.69) is 229 Å². The molecule has 0 radical (unpaired) electrons. The van der Waals surface area contributed by atoms with E-state index >= 15 is 0 Å². The van der Waals surface area contributed by atoms with E-state index in [1.54, 1.807) is 0 Å². The van der Waals surface area contributed by atoms with Crippen LogP contribution in [0.15, 0.2) is 224 Å². The summed E-state index contributed by atoms with van der Waals surface area (Å²) in [6.07, 6.45) is 0. The molecular weight excluding hydrogens is 739 g/mol. The Labute approximate surface area is 353 Å². The van der Waals surface area contributed by atoms with Gasteiger partial charge in [-0.2, -0.15) is 0 Å². The van der Waals surface area contributed by atoms with Crippen LogP contribution in [0, 0.1) is 0 Å². The average Bonchev–Trinajstić information content (AvgIpc) is 3.65. The van der Waals surface area contributed by atoms with Crippen LogP contribution in [0.2, 0.25) is 0 Å². The lowest BCUT2D eigenvalue weighted by Gasteiger charge is -2.16. The highest BCUT2D eigenvalue weighted by atomic mass is 15.2. The van der Waals surface area contributed by atoms with Gasteiger partial charge in [-0.05, 0) is 109 Å². The van der Waals surface area contributed by atoms with Crippen molar-refractivity contribution in [1.29, 1.82) is 0 Å². The van der Waals surface area contributed by atoms with Gasteiger partial charge in [0, 0.05) is 21.7 Å². The van der Waals surface area contributed by atoms with Gasteiger partial charge in [0.15, 0.2) is 0 Å². The molecule has 3 heteroatoms. The molecule has 12 aromatic rings. The Morgan fingerprint density at radius 3 is 1.49 bits per heavy atom. The Morgan fingerprint density at radius 2 is 0.770 bits per heavy atom. The minimum atomic E-state index is 0.637. The van der Waals surface area contributed by atoms with Gasteiger partial charge in [-0.25, -0.2) is 9.97 Å². The van der Waals surface area contributed by atoms with Crippen molar-refractivity contribution in [2.75, 3.05) is 0 Å². The Morgan fingerprint density at radius 1 is 0.279 bits per heavy atom. The number of benzene rings is 10. The fraction of sp³-hybridized carbons (Fsp3) is 0. The predicted molar refractivity (Wildman–Crippen MR) is 256 cm³/mol. The van der Waals surface area contributed by atoms with Gasteiger partial charge in [0.2, 0.25) is 5.95 Å². The van der Waals surface area contributed by atoms with E-state index in [1.165, 1.54) is 49.2 Å². The first kappa shape index (κ1) is 34.9. The van der Waals surface area contributed by atoms with Crippen LogP contribution in [0.3, 0.4) is 0 Å². The zero-order valence-electron chi connectivity index (χ0n) is 33.2. The van der Waals surface area contributed by atoms with E-state index in [-0.39, 0.29) is 0 Å². The van der Waals surface area contributed by atoms with Crippen LogP contribution in [0.25, 0.3) is 116 Å². The summed E-state index contributed by atoms with van der Waals surface area (Å²) in [5.41, 5.74) is 14.2. The van der Waals surface area contributed by atoms with E-state index < -0.39 is 0 Å². The standard InChI is InChI=1S/C58H37N3/c1-4-14-38(15-5-1)40-24-27-42(28-25-40)50-37-54-53(36-49(50)41-17-6-2-7-18-41)57(43-19-8-3-9-20-43)60-58(59-54)61-55-31-30-48(47-29-26-39-16-10-11-21-44(39)32-47)34-51(55)52-33-45-22-12-13-23-46(45)35-56(52)61/h1-37H. The number of rotatable bonds is 6. The van der Waals surface area contributed by atoms with Crippen molar-refractivity contribution in [2.24, 2.45) is 0 Å². The van der Waals surface area contributed by atoms with Crippen molar-refractivity contribution >= 4 is 54.3 Å². The highest BCUT2D eigenvalue weighted by Crippen LogP contribution is 2.41. The van der Waals surface area contributed by atoms with E-state index in [0.717, 1.165) is 60.8 Å². The van der Waals surface area contributed by atoms with Crippen LogP contribution in [0.1, 0.15) is 0 Å². The molecule has 0 atom stereocenters. The second-order valence-corrected chi connectivity index (χ2v) is 15.8. The van der Waals surface area contributed by atoms with Gasteiger partial charge in [-0.3, -0.25) is 4.57 Å². The number of aromatic nitrogens is 3. The van der Waals surface area contributed by atoms with Crippen LogP contribution in [-0.2, 0) is 0 Å². The Balaban J connectivity index is 1.12. The Bertz CT molecular complexity index is 3610. The smallest absolute Gasteiger partial charge is 0.235 e. The van der Waals surface area contributed by atoms with Crippen LogP contribution >= 0.6 is 0 Å². The summed E-state index contributed by atoms with van der Waals surface area (Å²) in [7, 11) is 0. The molecule has 0 N–H and O–H groups in total. The molecular formula is C58H37N3. The maximum atomic E-state index is 5.54. The molecule has 0 bridgehead atoms. The first-order valence-electron chi connectivity index (χ1n) is 20.8. The lowest BCUT2D eigenvalue weighted by atomic mass is 9.91. The third-order valence-electron chi connectivity index (χ3n) is 12.2. The molecule has 284 valence electrons. The molecule has 0 unspecified atom stereocenters. The van der Waals surface area contributed by atoms with Crippen LogP contribution in [0.5, 0.6) is 0 Å². The zero-order valence-corrected chi connectivity index (χ0v) is 33.2. The molecule has 0 spiro atoms. The topological polar surface area (TPSA) is 30.7 Å². The first-order chi connectivity index (χ1) is 30.2. The molecule has 0 aliphatic carbocycles. The van der Waals surface area contributed by atoms with Gasteiger partial charge in [-0.1, -0.05) is 182 Å². The lowest BCUT2D eigenvalue weighted by Crippen LogP contribution is -2.04. The molecule has 0 fully saturated rings. The van der Waals surface area contributed by atoms with Crippen molar-refractivity contribution in [1.82, 2.24) is 14.5 Å². The quantitative estimate of drug-likeness (QED) is 0.168. The lowest BCUT2D eigenvalue weighted by molar-refractivity contribution is 1.01. The van der Waals surface area contributed by atoms with Crippen molar-refractivity contribution in [3.8, 4) is 61.7 Å². The normalized spacial score (nSPS) is 11.6. The van der Waals surface area contributed by atoms with E-state index in [4.69, 9.17) is 9.97 Å². The highest BCUT2D eigenvalue weighted by Gasteiger charge is 2.21. The minimum Gasteiger partial charge on any atom is -0.278 e. The summed E-state index contributed by atoms with van der Waals surface area (Å²) in [4.78, 5) is 11.1. The second kappa shape index (κ2) is 14.3. The summed E-state index contributed by atoms with van der Waals surface area (Å²) in [5.74, 6) is 0.637. The molecule has 10 aromatic carbocycles. The van der Waals surface area contributed by atoms with Gasteiger partial charge in [0.1, 0.15) is 0 Å². The summed E-state index contributed by atoms with van der Waals surface area (Å²) in [6.45, 7) is 0. The Kier molecular flexibility index (Phi) is 8.17. The maximum Gasteiger partial charge on any atom is 0.235 e. The number of hydrogen-bond acceptors (Lipinski definition) is 2. The van der Waals surface area contributed by atoms with Crippen molar-refractivity contribution < 1.29 is 0 Å². The van der Waals surface area contributed by atoms with Gasteiger partial charge in [0.05, 0.1) is 22.2 Å². The number of hydrogen-bond donors (Lipinski definition) is 0. The predicted octanol–water partition coefficient (Wildman–Crippen LogP) is 15.4. The number of fused-ring (bicyclic) bond motifs is 6.